The molecule has 0 aliphatic rings. The molecule has 0 saturated heterocycles. The van der Waals surface area contributed by atoms with Gasteiger partial charge in [0, 0.05) is 7.05 Å². The first-order valence-electron chi connectivity index (χ1n) is 3.11. The molecule has 2 rings (SSSR count). The summed E-state index contributed by atoms with van der Waals surface area (Å²) in [5.74, 6) is 0. The second kappa shape index (κ2) is 1.59. The molecular weight excluding hydrogens is 128 g/mol. The van der Waals surface area contributed by atoms with E-state index >= 15 is 0 Å². The van der Waals surface area contributed by atoms with Gasteiger partial charge >= 0.3 is 0 Å². The fourth-order valence-electron chi connectivity index (χ4n) is 1.10. The number of fused-ring (bicyclic) bond motifs is 1. The third-order valence-corrected chi connectivity index (χ3v) is 1.56. The highest BCUT2D eigenvalue weighted by atomic mass is 15.5. The first kappa shape index (κ1) is 5.46. The van der Waals surface area contributed by atoms with Gasteiger partial charge in [0.15, 0.2) is 5.65 Å². The summed E-state index contributed by atoms with van der Waals surface area (Å²) in [6.45, 7) is 2.00. The molecule has 2 aromatic rings. The maximum Gasteiger partial charge on any atom is 0.173 e. The van der Waals surface area contributed by atoms with E-state index in [0.717, 1.165) is 11.3 Å². The lowest BCUT2D eigenvalue weighted by atomic mass is 10.6. The summed E-state index contributed by atoms with van der Waals surface area (Å²) < 4.78 is 1.94. The first-order valence-corrected chi connectivity index (χ1v) is 3.11. The van der Waals surface area contributed by atoms with Crippen molar-refractivity contribution in [1.29, 1.82) is 0 Å². The third-order valence-electron chi connectivity index (χ3n) is 1.56. The Balaban J connectivity index is 2.98. The molecule has 0 aliphatic carbocycles. The Morgan fingerprint density at radius 1 is 1.40 bits per heavy atom. The summed E-state index contributed by atoms with van der Waals surface area (Å²) in [4.78, 5) is 5.88. The molecule has 0 unspecified atom stereocenters. The number of aromatic nitrogens is 4. The van der Waals surface area contributed by atoms with Crippen molar-refractivity contribution < 1.29 is 0 Å². The Morgan fingerprint density at radius 2 is 2.20 bits per heavy atom. The minimum Gasteiger partial charge on any atom is -0.234 e. The molecule has 0 fully saturated rings. The van der Waals surface area contributed by atoms with Crippen molar-refractivity contribution in [3.63, 3.8) is 0 Å². The summed E-state index contributed by atoms with van der Waals surface area (Å²) in [5, 5.41) is 4.03. The molecule has 0 N–H and O–H groups in total. The fourth-order valence-corrected chi connectivity index (χ4v) is 1.10. The minimum atomic E-state index is 0.903. The first-order chi connectivity index (χ1) is 4.79. The third kappa shape index (κ3) is 0.504. The summed E-state index contributed by atoms with van der Waals surface area (Å²) in [7, 11) is 1.89. The molecule has 0 aliphatic heterocycles. The minimum absolute atomic E-state index is 0.903. The van der Waals surface area contributed by atoms with Crippen LogP contribution < -0.4 is 0 Å². The molecule has 2 heterocycles. The van der Waals surface area contributed by atoms with Crippen molar-refractivity contribution in [2.45, 2.75) is 6.92 Å². The van der Waals surface area contributed by atoms with Gasteiger partial charge in [-0.25, -0.2) is 14.3 Å². The number of imidazole rings is 1. The lowest BCUT2D eigenvalue weighted by molar-refractivity contribution is 0.599. The van der Waals surface area contributed by atoms with Crippen molar-refractivity contribution in [1.82, 2.24) is 19.4 Å². The van der Waals surface area contributed by atoms with E-state index in [1.807, 2.05) is 24.7 Å². The van der Waals surface area contributed by atoms with Crippen LogP contribution in [0.5, 0.6) is 0 Å². The Labute approximate surface area is 58.1 Å². The van der Waals surface area contributed by atoms with Gasteiger partial charge in [-0.05, 0) is 6.92 Å². The molecule has 0 aromatic carbocycles. The van der Waals surface area contributed by atoms with Gasteiger partial charge in [0.05, 0.1) is 18.1 Å². The van der Waals surface area contributed by atoms with E-state index in [4.69, 9.17) is 0 Å². The SMILES string of the molecule is Cc1cnc2cnn(C)n12. The van der Waals surface area contributed by atoms with Gasteiger partial charge in [0.2, 0.25) is 0 Å². The topological polar surface area (TPSA) is 35.1 Å². The molecule has 0 saturated carbocycles. The molecule has 0 atom stereocenters. The van der Waals surface area contributed by atoms with E-state index in [-0.39, 0.29) is 0 Å². The van der Waals surface area contributed by atoms with Gasteiger partial charge in [-0.3, -0.25) is 0 Å². The maximum atomic E-state index is 4.12. The van der Waals surface area contributed by atoms with Crippen LogP contribution in [-0.4, -0.2) is 19.4 Å². The van der Waals surface area contributed by atoms with Crippen molar-refractivity contribution in [3.05, 3.63) is 18.1 Å². The largest absolute Gasteiger partial charge is 0.234 e. The van der Waals surface area contributed by atoms with Gasteiger partial charge in [0.25, 0.3) is 0 Å². The Morgan fingerprint density at radius 3 is 2.90 bits per heavy atom. The van der Waals surface area contributed by atoms with E-state index in [0.29, 0.717) is 0 Å². The lowest BCUT2D eigenvalue weighted by Gasteiger charge is -1.93. The van der Waals surface area contributed by atoms with Crippen LogP contribution in [0.15, 0.2) is 12.4 Å². The summed E-state index contributed by atoms with van der Waals surface area (Å²) in [6, 6.07) is 0. The molecule has 52 valence electrons. The summed E-state index contributed by atoms with van der Waals surface area (Å²) in [5.41, 5.74) is 2.01. The molecule has 0 bridgehead atoms. The predicted octanol–water partition coefficient (Wildman–Crippen LogP) is 0.376. The normalized spacial score (nSPS) is 11.0. The fraction of sp³-hybridized carbons (Fsp3) is 0.333. The highest BCUT2D eigenvalue weighted by Gasteiger charge is 2.00. The average Bonchev–Trinajstić information content (AvgIpc) is 2.40. The van der Waals surface area contributed by atoms with Crippen LogP contribution >= 0.6 is 0 Å². The van der Waals surface area contributed by atoms with Crippen LogP contribution in [0.2, 0.25) is 0 Å². The average molecular weight is 136 g/mol. The molecule has 2 aromatic heterocycles. The number of rotatable bonds is 0. The zero-order valence-electron chi connectivity index (χ0n) is 5.94. The second-order valence-electron chi connectivity index (χ2n) is 2.30. The Bertz CT molecular complexity index is 325. The highest BCUT2D eigenvalue weighted by molar-refractivity contribution is 5.34. The smallest absolute Gasteiger partial charge is 0.173 e. The second-order valence-corrected chi connectivity index (χ2v) is 2.30. The van der Waals surface area contributed by atoms with Crippen molar-refractivity contribution >= 4 is 5.65 Å². The van der Waals surface area contributed by atoms with Gasteiger partial charge in [-0.1, -0.05) is 0 Å². The maximum absolute atomic E-state index is 4.12. The number of hydrogen-bond donors (Lipinski definition) is 0. The molecule has 10 heavy (non-hydrogen) atoms. The van der Waals surface area contributed by atoms with Crippen molar-refractivity contribution in [2.24, 2.45) is 7.05 Å². The van der Waals surface area contributed by atoms with Gasteiger partial charge < -0.3 is 0 Å². The van der Waals surface area contributed by atoms with Crippen molar-refractivity contribution in [3.8, 4) is 0 Å². The quantitative estimate of drug-likeness (QED) is 0.524. The number of hydrogen-bond acceptors (Lipinski definition) is 2. The molecule has 0 radical (unpaired) electrons. The molecule has 0 amide bonds. The zero-order chi connectivity index (χ0) is 7.14. The van der Waals surface area contributed by atoms with Crippen LogP contribution in [0.4, 0.5) is 0 Å². The van der Waals surface area contributed by atoms with E-state index in [2.05, 4.69) is 10.1 Å². The van der Waals surface area contributed by atoms with Crippen LogP contribution in [0.3, 0.4) is 0 Å². The van der Waals surface area contributed by atoms with Crippen LogP contribution in [0, 0.1) is 6.92 Å². The van der Waals surface area contributed by atoms with Crippen LogP contribution in [0.25, 0.3) is 5.65 Å². The molecule has 4 heteroatoms. The highest BCUT2D eigenvalue weighted by Crippen LogP contribution is 2.01. The summed E-state index contributed by atoms with van der Waals surface area (Å²) in [6.07, 6.45) is 3.57. The van der Waals surface area contributed by atoms with E-state index in [1.54, 1.807) is 11.0 Å². The monoisotopic (exact) mass is 136 g/mol. The Hall–Kier alpha value is -1.32. The molecule has 0 spiro atoms. The number of aryl methyl sites for hydroxylation is 2. The van der Waals surface area contributed by atoms with Crippen LogP contribution in [-0.2, 0) is 7.05 Å². The number of nitrogens with zero attached hydrogens (tertiary/aromatic N) is 4. The van der Waals surface area contributed by atoms with Gasteiger partial charge in [0.1, 0.15) is 0 Å². The zero-order valence-corrected chi connectivity index (χ0v) is 5.94. The Kier molecular flexibility index (Phi) is 0.869. The van der Waals surface area contributed by atoms with Gasteiger partial charge in [-0.15, -0.1) is 0 Å². The van der Waals surface area contributed by atoms with Crippen LogP contribution in [0.1, 0.15) is 5.69 Å². The van der Waals surface area contributed by atoms with E-state index in [1.165, 1.54) is 0 Å². The molecular formula is C6H8N4. The summed E-state index contributed by atoms with van der Waals surface area (Å²) >= 11 is 0. The van der Waals surface area contributed by atoms with E-state index < -0.39 is 0 Å². The van der Waals surface area contributed by atoms with Crippen molar-refractivity contribution in [2.75, 3.05) is 0 Å². The predicted molar refractivity (Wildman–Crippen MR) is 36.7 cm³/mol. The van der Waals surface area contributed by atoms with E-state index in [9.17, 15) is 0 Å². The van der Waals surface area contributed by atoms with Gasteiger partial charge in [-0.2, -0.15) is 5.10 Å². The molecule has 4 nitrogen and oxygen atoms in total. The lowest BCUT2D eigenvalue weighted by Crippen LogP contribution is -2.01. The standard InChI is InChI=1S/C6H8N4/c1-5-3-7-6-4-8-9(2)10(5)6/h3-4H,1-2H3.